The van der Waals surface area contributed by atoms with Gasteiger partial charge in [-0.3, -0.25) is 4.74 Å². The molecule has 0 saturated heterocycles. The van der Waals surface area contributed by atoms with Crippen molar-refractivity contribution in [3.63, 3.8) is 0 Å². The predicted octanol–water partition coefficient (Wildman–Crippen LogP) is 5.92. The molecule has 0 aliphatic rings. The van der Waals surface area contributed by atoms with Gasteiger partial charge in [0, 0.05) is 15.9 Å². The Morgan fingerprint density at radius 1 is 0.613 bits per heavy atom. The largest absolute Gasteiger partial charge is 0.497 e. The highest BCUT2D eigenvalue weighted by Crippen LogP contribution is 2.49. The second kappa shape index (κ2) is 8.83. The Kier molecular flexibility index (Phi) is 5.97. The van der Waals surface area contributed by atoms with Crippen LogP contribution in [-0.2, 0) is 0 Å². The number of halogens is 3. The fraction of sp³-hybridized carbons (Fsp3) is 0.0400. The third-order valence-electron chi connectivity index (χ3n) is 4.88. The number of ether oxygens (including phenoxy) is 1. The second-order valence-corrected chi connectivity index (χ2v) is 9.89. The summed E-state index contributed by atoms with van der Waals surface area (Å²) in [7, 11) is -1.45. The van der Waals surface area contributed by atoms with Gasteiger partial charge in [0.1, 0.15) is 23.2 Å². The van der Waals surface area contributed by atoms with Crippen molar-refractivity contribution in [1.82, 2.24) is 0 Å². The Morgan fingerprint density at radius 3 is 1.39 bits per heavy atom. The minimum Gasteiger partial charge on any atom is -0.497 e. The minimum absolute atomic E-state index is 0.445. The van der Waals surface area contributed by atoms with Gasteiger partial charge in [-0.05, 0) is 60.7 Å². The number of hydrogen-bond donors (Lipinski definition) is 0. The van der Waals surface area contributed by atoms with Crippen LogP contribution in [0, 0.1) is 17.5 Å². The van der Waals surface area contributed by atoms with Crippen LogP contribution < -0.4 is 20.7 Å². The van der Waals surface area contributed by atoms with E-state index in [4.69, 9.17) is 9.48 Å². The van der Waals surface area contributed by atoms with Crippen LogP contribution in [0.15, 0.2) is 102 Å². The third-order valence-corrected chi connectivity index (χ3v) is 8.49. The van der Waals surface area contributed by atoms with E-state index in [-0.39, 0.29) is 0 Å². The summed E-state index contributed by atoms with van der Waals surface area (Å²) in [5.41, 5.74) is 0.590. The molecule has 2 nitrogen and oxygen atoms in total. The normalized spacial score (nSPS) is 11.2. The van der Waals surface area contributed by atoms with Gasteiger partial charge in [0.05, 0.1) is 19.9 Å². The highest BCUT2D eigenvalue weighted by atomic mass is 31.2. The average molecular weight is 437 g/mol. The summed E-state index contributed by atoms with van der Waals surface area (Å²) >= 11 is 0. The summed E-state index contributed by atoms with van der Waals surface area (Å²) in [5.74, 6) is -0.677. The van der Waals surface area contributed by atoms with E-state index in [9.17, 15) is 13.2 Å². The molecule has 0 saturated carbocycles. The van der Waals surface area contributed by atoms with Crippen molar-refractivity contribution < 1.29 is 17.9 Å². The molecule has 0 unspecified atom stereocenters. The summed E-state index contributed by atoms with van der Waals surface area (Å²) in [6, 6.07) is 25.2. The highest BCUT2D eigenvalue weighted by Gasteiger charge is 2.29. The molecule has 0 aromatic heterocycles. The van der Waals surface area contributed by atoms with E-state index in [2.05, 4.69) is 0 Å². The summed E-state index contributed by atoms with van der Waals surface area (Å²) in [6.07, 6.45) is 0. The first-order valence-corrected chi connectivity index (χ1v) is 11.3. The molecule has 4 rings (SSSR count). The van der Waals surface area contributed by atoms with Gasteiger partial charge >= 0.3 is 0 Å². The Labute approximate surface area is 179 Å². The number of nitrogens with zero attached hydrogens (tertiary/aromatic N) is 1. The average Bonchev–Trinajstić information content (AvgIpc) is 2.78. The smallest absolute Gasteiger partial charge is 0.123 e. The maximum absolute atomic E-state index is 14.3. The zero-order valence-electron chi connectivity index (χ0n) is 16.7. The number of benzene rings is 4. The van der Waals surface area contributed by atoms with Crippen molar-refractivity contribution in [2.45, 2.75) is 0 Å². The molecule has 0 atom stereocenters. The van der Waals surface area contributed by atoms with Crippen molar-refractivity contribution in [3.8, 4) is 5.75 Å². The quantitative estimate of drug-likeness (QED) is 0.355. The van der Waals surface area contributed by atoms with Crippen LogP contribution in [0.25, 0.3) is 0 Å². The first-order chi connectivity index (χ1) is 15.0. The first-order valence-electron chi connectivity index (χ1n) is 9.56. The van der Waals surface area contributed by atoms with Gasteiger partial charge < -0.3 is 4.74 Å². The molecular weight excluding hydrogens is 418 g/mol. The molecule has 0 spiro atoms. The van der Waals surface area contributed by atoms with Gasteiger partial charge in [-0.1, -0.05) is 36.4 Å². The summed E-state index contributed by atoms with van der Waals surface area (Å²) in [4.78, 5) is 0. The molecule has 4 aromatic rings. The van der Waals surface area contributed by atoms with Gasteiger partial charge in [-0.2, -0.15) is 0 Å². The fourth-order valence-corrected chi connectivity index (χ4v) is 7.03. The van der Waals surface area contributed by atoms with Gasteiger partial charge in [0.15, 0.2) is 0 Å². The molecule has 0 N–H and O–H groups in total. The number of hydrogen-bond acceptors (Lipinski definition) is 2. The summed E-state index contributed by atoms with van der Waals surface area (Å²) in [6.45, 7) is 0. The Hall–Kier alpha value is -3.30. The van der Waals surface area contributed by atoms with Crippen LogP contribution in [0.3, 0.4) is 0 Å². The van der Waals surface area contributed by atoms with Crippen LogP contribution in [0.5, 0.6) is 5.75 Å². The lowest BCUT2D eigenvalue weighted by Gasteiger charge is -2.27. The lowest BCUT2D eigenvalue weighted by atomic mass is 10.3. The molecular formula is C25H19F3NOP. The molecule has 0 bridgehead atoms. The molecule has 0 heterocycles. The van der Waals surface area contributed by atoms with Crippen LogP contribution in [0.2, 0.25) is 0 Å². The Morgan fingerprint density at radius 2 is 1.03 bits per heavy atom. The fourth-order valence-electron chi connectivity index (χ4n) is 3.47. The summed E-state index contributed by atoms with van der Waals surface area (Å²) < 4.78 is 53.3. The number of methoxy groups -OCH3 is 1. The van der Waals surface area contributed by atoms with E-state index in [0.717, 1.165) is 0 Å². The highest BCUT2D eigenvalue weighted by molar-refractivity contribution is 7.87. The van der Waals surface area contributed by atoms with Gasteiger partial charge in [-0.15, -0.1) is 0 Å². The maximum Gasteiger partial charge on any atom is 0.123 e. The standard InChI is InChI=1S/C25H19F3NOP/c1-30-22-13-11-21(12-14-22)29-31(23-8-2-5-18(26)15-23,24-9-3-6-19(27)16-24)25-10-4-7-20(28)17-25/h2-17H,1H3. The van der Waals surface area contributed by atoms with Crippen LogP contribution in [0.4, 0.5) is 18.9 Å². The van der Waals surface area contributed by atoms with Crippen LogP contribution in [0.1, 0.15) is 0 Å². The zero-order chi connectivity index (χ0) is 21.8. The lowest BCUT2D eigenvalue weighted by molar-refractivity contribution is 0.415. The maximum atomic E-state index is 14.3. The zero-order valence-corrected chi connectivity index (χ0v) is 17.6. The van der Waals surface area contributed by atoms with Crippen LogP contribution >= 0.6 is 7.05 Å². The van der Waals surface area contributed by atoms with Crippen molar-refractivity contribution in [2.24, 2.45) is 4.74 Å². The topological polar surface area (TPSA) is 21.6 Å². The minimum atomic E-state index is -3.02. The van der Waals surface area contributed by atoms with Gasteiger partial charge in [0.25, 0.3) is 0 Å². The molecule has 4 aromatic carbocycles. The SMILES string of the molecule is COc1ccc(N=P(c2cccc(F)c2)(c2cccc(F)c2)c2cccc(F)c2)cc1. The second-order valence-electron chi connectivity index (χ2n) is 6.87. The van der Waals surface area contributed by atoms with E-state index in [1.165, 1.54) is 36.4 Å². The van der Waals surface area contributed by atoms with Crippen LogP contribution in [-0.4, -0.2) is 7.11 Å². The predicted molar refractivity (Wildman–Crippen MR) is 120 cm³/mol. The lowest BCUT2D eigenvalue weighted by Crippen LogP contribution is -2.26. The van der Waals surface area contributed by atoms with E-state index >= 15 is 0 Å². The Balaban J connectivity index is 2.14. The van der Waals surface area contributed by atoms with Gasteiger partial charge in [-0.25, -0.2) is 13.2 Å². The monoisotopic (exact) mass is 437 g/mol. The molecule has 0 amide bonds. The molecule has 0 radical (unpaired) electrons. The molecule has 0 fully saturated rings. The molecule has 6 heteroatoms. The molecule has 31 heavy (non-hydrogen) atoms. The molecule has 0 aliphatic carbocycles. The van der Waals surface area contributed by atoms with E-state index in [1.54, 1.807) is 67.8 Å². The number of rotatable bonds is 5. The molecule has 0 aliphatic heterocycles. The summed E-state index contributed by atoms with van der Waals surface area (Å²) in [5, 5.41) is 1.67. The first kappa shape index (κ1) is 21.0. The van der Waals surface area contributed by atoms with Gasteiger partial charge in [0.2, 0.25) is 0 Å². The molecule has 156 valence electrons. The van der Waals surface area contributed by atoms with Crippen molar-refractivity contribution >= 4 is 28.7 Å². The third kappa shape index (κ3) is 4.28. The van der Waals surface area contributed by atoms with Crippen molar-refractivity contribution in [2.75, 3.05) is 7.11 Å². The Bertz CT molecular complexity index is 1150. The van der Waals surface area contributed by atoms with E-state index < -0.39 is 24.5 Å². The van der Waals surface area contributed by atoms with Crippen molar-refractivity contribution in [1.29, 1.82) is 0 Å². The van der Waals surface area contributed by atoms with Crippen molar-refractivity contribution in [3.05, 3.63) is 115 Å². The van der Waals surface area contributed by atoms with E-state index in [0.29, 0.717) is 27.4 Å². The van der Waals surface area contributed by atoms with E-state index in [1.807, 2.05) is 0 Å².